The molecule has 1 aliphatic carbocycles. The fourth-order valence-corrected chi connectivity index (χ4v) is 5.54. The molecule has 4 heteroatoms. The van der Waals surface area contributed by atoms with Gasteiger partial charge in [-0.15, -0.1) is 0 Å². The van der Waals surface area contributed by atoms with Gasteiger partial charge in [-0.25, -0.2) is 4.98 Å². The number of piperidine rings is 1. The van der Waals surface area contributed by atoms with Gasteiger partial charge in [0.1, 0.15) is 11.3 Å². The van der Waals surface area contributed by atoms with Crippen LogP contribution in [0.15, 0.2) is 18.2 Å². The summed E-state index contributed by atoms with van der Waals surface area (Å²) >= 11 is 0. The molecule has 0 spiro atoms. The molecule has 2 fully saturated rings. The third-order valence-corrected chi connectivity index (χ3v) is 7.23. The van der Waals surface area contributed by atoms with Gasteiger partial charge in [-0.3, -0.25) is 4.98 Å². The number of nitrogens with one attached hydrogen (secondary N) is 1. The van der Waals surface area contributed by atoms with Crippen LogP contribution < -0.4 is 5.32 Å². The highest BCUT2D eigenvalue weighted by molar-refractivity contribution is 6.03. The Morgan fingerprint density at radius 3 is 2.59 bits per heavy atom. The van der Waals surface area contributed by atoms with E-state index in [1.165, 1.54) is 86.7 Å². The molecule has 2 aliphatic rings. The minimum atomic E-state index is 0.615. The average Bonchev–Trinajstić information content (AvgIpc) is 3.14. The summed E-state index contributed by atoms with van der Waals surface area (Å²) in [5.41, 5.74) is 5.94. The summed E-state index contributed by atoms with van der Waals surface area (Å²) in [5, 5.41) is 4.78. The van der Waals surface area contributed by atoms with E-state index in [1.54, 1.807) is 0 Å². The SMILES string of the molecule is Cc1ccc2c(c1)nc(C)c1nc(C3CCCCC3)n(CCC3CCNCC3)c12. The van der Waals surface area contributed by atoms with Crippen molar-refractivity contribution in [1.82, 2.24) is 19.9 Å². The molecule has 0 atom stereocenters. The first-order valence-corrected chi connectivity index (χ1v) is 11.7. The van der Waals surface area contributed by atoms with Crippen LogP contribution in [0.1, 0.15) is 74.4 Å². The van der Waals surface area contributed by atoms with Crippen LogP contribution in [0.4, 0.5) is 0 Å². The number of fused-ring (bicyclic) bond motifs is 3. The zero-order valence-corrected chi connectivity index (χ0v) is 18.0. The molecule has 1 saturated carbocycles. The van der Waals surface area contributed by atoms with Crippen LogP contribution in [0.25, 0.3) is 21.9 Å². The molecule has 0 bridgehead atoms. The summed E-state index contributed by atoms with van der Waals surface area (Å²) in [4.78, 5) is 10.2. The van der Waals surface area contributed by atoms with Crippen LogP contribution in [0.2, 0.25) is 0 Å². The number of nitrogens with zero attached hydrogens (tertiary/aromatic N) is 3. The van der Waals surface area contributed by atoms with Gasteiger partial charge in [0, 0.05) is 17.8 Å². The van der Waals surface area contributed by atoms with E-state index >= 15 is 0 Å². The zero-order valence-electron chi connectivity index (χ0n) is 18.0. The quantitative estimate of drug-likeness (QED) is 0.627. The van der Waals surface area contributed by atoms with Gasteiger partial charge in [-0.05, 0) is 76.6 Å². The number of aryl methyl sites for hydroxylation is 3. The summed E-state index contributed by atoms with van der Waals surface area (Å²) in [7, 11) is 0. The molecule has 29 heavy (non-hydrogen) atoms. The van der Waals surface area contributed by atoms with Crippen molar-refractivity contribution < 1.29 is 0 Å². The predicted molar refractivity (Wildman–Crippen MR) is 121 cm³/mol. The highest BCUT2D eigenvalue weighted by Gasteiger charge is 2.25. The molecule has 4 nitrogen and oxygen atoms in total. The van der Waals surface area contributed by atoms with E-state index in [9.17, 15) is 0 Å². The van der Waals surface area contributed by atoms with Gasteiger partial charge < -0.3 is 9.88 Å². The standard InChI is InChI=1S/C25H34N4/c1-17-8-9-21-22(16-17)27-18(2)23-24(21)29(15-12-19-10-13-26-14-11-19)25(28-23)20-6-4-3-5-7-20/h8-9,16,19-20,26H,3-7,10-15H2,1-2H3. The predicted octanol–water partition coefficient (Wildman–Crippen LogP) is 5.64. The summed E-state index contributed by atoms with van der Waals surface area (Å²) < 4.78 is 2.61. The average molecular weight is 391 g/mol. The largest absolute Gasteiger partial charge is 0.327 e. The molecule has 2 aromatic heterocycles. The minimum absolute atomic E-state index is 0.615. The number of benzene rings is 1. The van der Waals surface area contributed by atoms with E-state index in [0.717, 1.165) is 29.2 Å². The molecule has 1 saturated heterocycles. The van der Waals surface area contributed by atoms with Gasteiger partial charge in [-0.1, -0.05) is 31.4 Å². The van der Waals surface area contributed by atoms with Gasteiger partial charge in [0.2, 0.25) is 0 Å². The molecule has 154 valence electrons. The first kappa shape index (κ1) is 19.0. The monoisotopic (exact) mass is 390 g/mol. The Balaban J connectivity index is 1.63. The van der Waals surface area contributed by atoms with E-state index in [2.05, 4.69) is 41.9 Å². The van der Waals surface area contributed by atoms with E-state index < -0.39 is 0 Å². The van der Waals surface area contributed by atoms with Crippen molar-refractivity contribution in [2.75, 3.05) is 13.1 Å². The van der Waals surface area contributed by atoms with Crippen LogP contribution in [-0.4, -0.2) is 27.6 Å². The van der Waals surface area contributed by atoms with Crippen molar-refractivity contribution >= 4 is 21.9 Å². The maximum atomic E-state index is 5.26. The van der Waals surface area contributed by atoms with E-state index in [0.29, 0.717) is 5.92 Å². The third-order valence-electron chi connectivity index (χ3n) is 7.23. The van der Waals surface area contributed by atoms with Crippen molar-refractivity contribution in [3.63, 3.8) is 0 Å². The molecule has 5 rings (SSSR count). The molecule has 1 N–H and O–H groups in total. The van der Waals surface area contributed by atoms with Crippen LogP contribution in [0, 0.1) is 19.8 Å². The second kappa shape index (κ2) is 8.06. The first-order valence-electron chi connectivity index (χ1n) is 11.7. The number of hydrogen-bond donors (Lipinski definition) is 1. The van der Waals surface area contributed by atoms with Crippen molar-refractivity contribution in [2.45, 2.75) is 77.7 Å². The molecule has 1 aromatic carbocycles. The van der Waals surface area contributed by atoms with Crippen LogP contribution in [0.3, 0.4) is 0 Å². The highest BCUT2D eigenvalue weighted by Crippen LogP contribution is 2.37. The van der Waals surface area contributed by atoms with Crippen LogP contribution in [-0.2, 0) is 6.54 Å². The van der Waals surface area contributed by atoms with Crippen LogP contribution in [0.5, 0.6) is 0 Å². The highest BCUT2D eigenvalue weighted by atomic mass is 15.1. The van der Waals surface area contributed by atoms with Crippen LogP contribution >= 0.6 is 0 Å². The molecule has 0 radical (unpaired) electrons. The molecule has 0 unspecified atom stereocenters. The van der Waals surface area contributed by atoms with Gasteiger partial charge in [0.15, 0.2) is 0 Å². The minimum Gasteiger partial charge on any atom is -0.327 e. The Kier molecular flexibility index (Phi) is 5.29. The van der Waals surface area contributed by atoms with E-state index in [1.807, 2.05) is 0 Å². The van der Waals surface area contributed by atoms with Gasteiger partial charge in [-0.2, -0.15) is 0 Å². The molecule has 0 amide bonds. The van der Waals surface area contributed by atoms with Gasteiger partial charge in [0.05, 0.1) is 16.7 Å². The molecule has 1 aliphatic heterocycles. The lowest BCUT2D eigenvalue weighted by atomic mass is 9.88. The number of imidazole rings is 1. The molecular weight excluding hydrogens is 356 g/mol. The summed E-state index contributed by atoms with van der Waals surface area (Å²) in [6.07, 6.45) is 10.5. The first-order chi connectivity index (χ1) is 14.2. The van der Waals surface area contributed by atoms with Crippen molar-refractivity contribution in [2.24, 2.45) is 5.92 Å². The number of aromatic nitrogens is 3. The normalized spacial score (nSPS) is 19.4. The smallest absolute Gasteiger partial charge is 0.113 e. The maximum absolute atomic E-state index is 5.26. The second-order valence-electron chi connectivity index (χ2n) is 9.35. The number of rotatable bonds is 4. The van der Waals surface area contributed by atoms with E-state index in [4.69, 9.17) is 9.97 Å². The Hall–Kier alpha value is -1.94. The lowest BCUT2D eigenvalue weighted by Crippen LogP contribution is -2.28. The number of pyridine rings is 1. The van der Waals surface area contributed by atoms with Crippen molar-refractivity contribution in [3.05, 3.63) is 35.3 Å². The Morgan fingerprint density at radius 1 is 1.00 bits per heavy atom. The van der Waals surface area contributed by atoms with Crippen molar-refractivity contribution in [1.29, 1.82) is 0 Å². The van der Waals surface area contributed by atoms with E-state index in [-0.39, 0.29) is 0 Å². The summed E-state index contributed by atoms with van der Waals surface area (Å²) in [6.45, 7) is 7.74. The van der Waals surface area contributed by atoms with Gasteiger partial charge in [0.25, 0.3) is 0 Å². The number of hydrogen-bond acceptors (Lipinski definition) is 3. The Morgan fingerprint density at radius 2 is 1.79 bits per heavy atom. The summed E-state index contributed by atoms with van der Waals surface area (Å²) in [6, 6.07) is 6.72. The topological polar surface area (TPSA) is 42.7 Å². The lowest BCUT2D eigenvalue weighted by molar-refractivity contribution is 0.333. The summed E-state index contributed by atoms with van der Waals surface area (Å²) in [5.74, 6) is 2.79. The van der Waals surface area contributed by atoms with Crippen molar-refractivity contribution in [3.8, 4) is 0 Å². The zero-order chi connectivity index (χ0) is 19.8. The fourth-order valence-electron chi connectivity index (χ4n) is 5.54. The molecule has 3 aromatic rings. The second-order valence-corrected chi connectivity index (χ2v) is 9.35. The molecule has 3 heterocycles. The molecular formula is C25H34N4. The third kappa shape index (κ3) is 3.68. The lowest BCUT2D eigenvalue weighted by Gasteiger charge is -2.25. The Labute approximate surface area is 174 Å². The fraction of sp³-hybridized carbons (Fsp3) is 0.600. The maximum Gasteiger partial charge on any atom is 0.113 e. The Bertz CT molecular complexity index is 1010. The van der Waals surface area contributed by atoms with Gasteiger partial charge >= 0.3 is 0 Å².